The topological polar surface area (TPSA) is 61.2 Å². The lowest BCUT2D eigenvalue weighted by atomic mass is 10.1. The Morgan fingerprint density at radius 3 is 2.54 bits per heavy atom. The summed E-state index contributed by atoms with van der Waals surface area (Å²) in [5, 5.41) is 1.00. The summed E-state index contributed by atoms with van der Waals surface area (Å²) in [7, 11) is 0. The zero-order valence-electron chi connectivity index (χ0n) is 16.6. The number of thiazole rings is 1. The minimum Gasteiger partial charge on any atom is -0.462 e. The number of ketones is 1. The molecule has 0 N–H and O–H groups in total. The van der Waals surface area contributed by atoms with Crippen LogP contribution in [0.4, 0.5) is 0 Å². The quantitative estimate of drug-likeness (QED) is 0.381. The third kappa shape index (κ3) is 4.00. The highest BCUT2D eigenvalue weighted by atomic mass is 32.2. The number of aromatic nitrogens is 2. The number of carbonyl (C=O) groups excluding carboxylic acids is 2. The van der Waals surface area contributed by atoms with Crippen LogP contribution in [0.5, 0.6) is 0 Å². The van der Waals surface area contributed by atoms with Crippen LogP contribution in [0.1, 0.15) is 51.0 Å². The standard InChI is InChI=1S/C21H24N2O3S2/c1-5-23-13(3)19(20(14(23)4)21(25)26-6-2)16(24)11-27-12-18-22-15-9-7-8-10-17(15)28-18/h7-10H,5-6,11-12H2,1-4H3. The molecule has 28 heavy (non-hydrogen) atoms. The number of Topliss-reactive ketones (excluding diaryl/α,β-unsaturated/α-hetero) is 1. The maximum Gasteiger partial charge on any atom is 0.340 e. The van der Waals surface area contributed by atoms with Gasteiger partial charge in [-0.05, 0) is 39.8 Å². The van der Waals surface area contributed by atoms with Crippen LogP contribution in [0.3, 0.4) is 0 Å². The molecule has 0 aliphatic rings. The Hall–Kier alpha value is -2.12. The van der Waals surface area contributed by atoms with Crippen molar-refractivity contribution in [1.82, 2.24) is 9.55 Å². The number of fused-ring (bicyclic) bond motifs is 1. The summed E-state index contributed by atoms with van der Waals surface area (Å²) in [5.41, 5.74) is 3.51. The number of carbonyl (C=O) groups is 2. The molecule has 148 valence electrons. The summed E-state index contributed by atoms with van der Waals surface area (Å²) in [6.45, 7) is 8.53. The molecule has 0 atom stereocenters. The number of esters is 1. The van der Waals surface area contributed by atoms with Crippen LogP contribution in [0.25, 0.3) is 10.2 Å². The van der Waals surface area contributed by atoms with Gasteiger partial charge in [0.2, 0.25) is 0 Å². The zero-order valence-corrected chi connectivity index (χ0v) is 18.2. The molecule has 2 heterocycles. The van der Waals surface area contributed by atoms with E-state index in [2.05, 4.69) is 11.1 Å². The van der Waals surface area contributed by atoms with Crippen molar-refractivity contribution in [3.05, 3.63) is 51.8 Å². The number of ether oxygens (including phenoxy) is 1. The fraction of sp³-hybridized carbons (Fsp3) is 0.381. The molecule has 1 aromatic carbocycles. The minimum atomic E-state index is -0.421. The zero-order chi connectivity index (χ0) is 20.3. The van der Waals surface area contributed by atoms with Crippen molar-refractivity contribution in [2.75, 3.05) is 12.4 Å². The van der Waals surface area contributed by atoms with E-state index in [-0.39, 0.29) is 12.4 Å². The van der Waals surface area contributed by atoms with Gasteiger partial charge in [-0.3, -0.25) is 4.79 Å². The first-order chi connectivity index (χ1) is 13.5. The van der Waals surface area contributed by atoms with E-state index in [4.69, 9.17) is 4.74 Å². The molecule has 0 unspecified atom stereocenters. The van der Waals surface area contributed by atoms with Crippen LogP contribution in [-0.4, -0.2) is 33.7 Å². The average molecular weight is 417 g/mol. The molecule has 0 bridgehead atoms. The smallest absolute Gasteiger partial charge is 0.340 e. The molecule has 0 radical (unpaired) electrons. The molecular weight excluding hydrogens is 392 g/mol. The summed E-state index contributed by atoms with van der Waals surface area (Å²) in [4.78, 5) is 30.1. The van der Waals surface area contributed by atoms with Gasteiger partial charge in [0.05, 0.1) is 33.7 Å². The van der Waals surface area contributed by atoms with E-state index < -0.39 is 5.97 Å². The molecule has 3 rings (SSSR count). The SMILES string of the molecule is CCOC(=O)c1c(C(=O)CSCc2nc3ccccc3s2)c(C)n(CC)c1C. The van der Waals surface area contributed by atoms with Crippen molar-refractivity contribution >= 4 is 45.1 Å². The van der Waals surface area contributed by atoms with Crippen LogP contribution in [0, 0.1) is 13.8 Å². The van der Waals surface area contributed by atoms with Gasteiger partial charge in [0, 0.05) is 23.7 Å². The molecule has 5 nitrogen and oxygen atoms in total. The van der Waals surface area contributed by atoms with Gasteiger partial charge in [-0.1, -0.05) is 12.1 Å². The second kappa shape index (κ2) is 8.92. The summed E-state index contributed by atoms with van der Waals surface area (Å²) in [6, 6.07) is 8.03. The highest BCUT2D eigenvalue weighted by Gasteiger charge is 2.27. The molecule has 0 fully saturated rings. The first-order valence-electron chi connectivity index (χ1n) is 9.30. The van der Waals surface area contributed by atoms with Crippen molar-refractivity contribution in [2.24, 2.45) is 0 Å². The minimum absolute atomic E-state index is 0.0398. The van der Waals surface area contributed by atoms with Gasteiger partial charge in [-0.15, -0.1) is 23.1 Å². The summed E-state index contributed by atoms with van der Waals surface area (Å²) in [6.07, 6.45) is 0. The fourth-order valence-corrected chi connectivity index (χ4v) is 5.36. The third-order valence-electron chi connectivity index (χ3n) is 4.65. The van der Waals surface area contributed by atoms with Crippen LogP contribution in [0.15, 0.2) is 24.3 Å². The number of para-hydroxylation sites is 1. The Balaban J connectivity index is 1.76. The fourth-order valence-electron chi connectivity index (χ4n) is 3.44. The first-order valence-corrected chi connectivity index (χ1v) is 11.3. The number of thioether (sulfide) groups is 1. The van der Waals surface area contributed by atoms with E-state index in [0.717, 1.165) is 26.6 Å². The second-order valence-electron chi connectivity index (χ2n) is 6.38. The molecule has 0 saturated heterocycles. The van der Waals surface area contributed by atoms with Gasteiger partial charge in [0.1, 0.15) is 5.01 Å². The largest absolute Gasteiger partial charge is 0.462 e. The van der Waals surface area contributed by atoms with Crippen LogP contribution in [-0.2, 0) is 17.0 Å². The predicted molar refractivity (Wildman–Crippen MR) is 116 cm³/mol. The van der Waals surface area contributed by atoms with E-state index in [0.29, 0.717) is 29.2 Å². The summed E-state index contributed by atoms with van der Waals surface area (Å²) >= 11 is 3.18. The molecule has 2 aromatic heterocycles. The van der Waals surface area contributed by atoms with E-state index in [1.165, 1.54) is 11.8 Å². The Morgan fingerprint density at radius 2 is 1.86 bits per heavy atom. The molecule has 3 aromatic rings. The molecule has 0 saturated carbocycles. The van der Waals surface area contributed by atoms with Crippen LogP contribution in [0.2, 0.25) is 0 Å². The van der Waals surface area contributed by atoms with Gasteiger partial charge in [-0.25, -0.2) is 9.78 Å². The van der Waals surface area contributed by atoms with Crippen LogP contribution >= 0.6 is 23.1 Å². The molecule has 7 heteroatoms. The van der Waals surface area contributed by atoms with Gasteiger partial charge in [0.25, 0.3) is 0 Å². The summed E-state index contributed by atoms with van der Waals surface area (Å²) in [5.74, 6) is 0.514. The number of nitrogens with zero attached hydrogens (tertiary/aromatic N) is 2. The Bertz CT molecular complexity index is 987. The number of rotatable bonds is 8. The normalized spacial score (nSPS) is 11.1. The van der Waals surface area contributed by atoms with Crippen molar-refractivity contribution in [3.63, 3.8) is 0 Å². The van der Waals surface area contributed by atoms with Gasteiger partial charge in [-0.2, -0.15) is 0 Å². The summed E-state index contributed by atoms with van der Waals surface area (Å²) < 4.78 is 8.35. The van der Waals surface area contributed by atoms with Crippen molar-refractivity contribution in [3.8, 4) is 0 Å². The molecular formula is C21H24N2O3S2. The van der Waals surface area contributed by atoms with E-state index >= 15 is 0 Å². The van der Waals surface area contributed by atoms with Gasteiger partial charge in [0.15, 0.2) is 5.78 Å². The van der Waals surface area contributed by atoms with Gasteiger partial charge < -0.3 is 9.30 Å². The number of hydrogen-bond acceptors (Lipinski definition) is 6. The number of hydrogen-bond donors (Lipinski definition) is 0. The van der Waals surface area contributed by atoms with Crippen molar-refractivity contribution in [1.29, 1.82) is 0 Å². The van der Waals surface area contributed by atoms with Gasteiger partial charge >= 0.3 is 5.97 Å². The Labute approximate surface area is 173 Å². The second-order valence-corrected chi connectivity index (χ2v) is 8.48. The maximum atomic E-state index is 13.0. The van der Waals surface area contributed by atoms with E-state index in [9.17, 15) is 9.59 Å². The highest BCUT2D eigenvalue weighted by Crippen LogP contribution is 2.28. The molecule has 0 aliphatic heterocycles. The van der Waals surface area contributed by atoms with E-state index in [1.807, 2.05) is 43.5 Å². The first kappa shape index (κ1) is 20.6. The molecule has 0 amide bonds. The lowest BCUT2D eigenvalue weighted by Gasteiger charge is -2.05. The number of benzene rings is 1. The molecule has 0 spiro atoms. The lowest BCUT2D eigenvalue weighted by Crippen LogP contribution is -2.13. The monoisotopic (exact) mass is 416 g/mol. The lowest BCUT2D eigenvalue weighted by molar-refractivity contribution is 0.0522. The Morgan fingerprint density at radius 1 is 1.14 bits per heavy atom. The maximum absolute atomic E-state index is 13.0. The highest BCUT2D eigenvalue weighted by molar-refractivity contribution is 7.99. The van der Waals surface area contributed by atoms with Crippen molar-refractivity contribution < 1.29 is 14.3 Å². The predicted octanol–water partition coefficient (Wildman–Crippen LogP) is 5.03. The van der Waals surface area contributed by atoms with Crippen molar-refractivity contribution in [2.45, 2.75) is 40.0 Å². The van der Waals surface area contributed by atoms with E-state index in [1.54, 1.807) is 18.3 Å². The Kier molecular flexibility index (Phi) is 6.57. The molecule has 0 aliphatic carbocycles. The van der Waals surface area contributed by atoms with Crippen LogP contribution < -0.4 is 0 Å². The average Bonchev–Trinajstić information content (AvgIpc) is 3.19. The third-order valence-corrected chi connectivity index (χ3v) is 6.82.